The second-order valence-corrected chi connectivity index (χ2v) is 13.8. The highest BCUT2D eigenvalue weighted by Crippen LogP contribution is 2.31. The van der Waals surface area contributed by atoms with Gasteiger partial charge in [0.05, 0.1) is 11.1 Å². The molecule has 256 valence electrons. The number of para-hydroxylation sites is 1. The van der Waals surface area contributed by atoms with Gasteiger partial charge in [-0.05, 0) is 49.5 Å². The molecule has 2 aromatic carbocycles. The number of nitrogens with zero attached hydrogens (tertiary/aromatic N) is 1. The van der Waals surface area contributed by atoms with Crippen molar-refractivity contribution >= 4 is 46.3 Å². The largest absolute Gasteiger partial charge is 0.368 e. The van der Waals surface area contributed by atoms with E-state index in [0.29, 0.717) is 12.8 Å². The van der Waals surface area contributed by atoms with Gasteiger partial charge >= 0.3 is 0 Å². The molecule has 8 N–H and O–H groups in total. The third-order valence-corrected chi connectivity index (χ3v) is 9.32. The SMILES string of the molecule is CC[C@H](C)[C@H](NC(=O)[C@H](Cc1c(SCCN(C)C)[nH]c2ccccc12)NC(=O)[C@@H](NC(=O)[C@@H](N)Cc1ccccc1)C(C)C)C(N)=O. The summed E-state index contributed by atoms with van der Waals surface area (Å²) in [6.07, 6.45) is 1.07. The number of rotatable bonds is 18. The second-order valence-electron chi connectivity index (χ2n) is 12.7. The Balaban J connectivity index is 1.92. The Hall–Kier alpha value is -3.87. The lowest BCUT2D eigenvalue weighted by Gasteiger charge is -2.28. The molecule has 0 aliphatic rings. The standard InChI is InChI=1S/C35H51N7O4S/c1-7-22(4)30(31(37)43)41-33(45)28(20-25-24-15-11-12-16-27(24)39-35(25)47-18-17-42(5)6)38-34(46)29(21(2)3)40-32(44)26(36)19-23-13-9-8-10-14-23/h8-16,21-22,26,28-30,39H,7,17-20,36H2,1-6H3,(H2,37,43)(H,38,46)(H,40,44)(H,41,45)/t22-,26-,28-,29-,30-/m0/s1. The highest BCUT2D eigenvalue weighted by molar-refractivity contribution is 7.99. The molecule has 0 saturated heterocycles. The van der Waals surface area contributed by atoms with Gasteiger partial charge in [0.2, 0.25) is 23.6 Å². The second kappa shape index (κ2) is 17.9. The van der Waals surface area contributed by atoms with E-state index in [-0.39, 0.29) is 18.3 Å². The first-order valence-corrected chi connectivity index (χ1v) is 17.2. The van der Waals surface area contributed by atoms with Gasteiger partial charge in [0, 0.05) is 29.6 Å². The quantitative estimate of drug-likeness (QED) is 0.113. The zero-order valence-electron chi connectivity index (χ0n) is 28.3. The maximum atomic E-state index is 14.0. The number of carbonyl (C=O) groups is 4. The zero-order chi connectivity index (χ0) is 34.7. The molecule has 1 heterocycles. The summed E-state index contributed by atoms with van der Waals surface area (Å²) in [7, 11) is 4.01. The minimum absolute atomic E-state index is 0.143. The molecule has 12 heteroatoms. The first-order chi connectivity index (χ1) is 22.3. The average molecular weight is 666 g/mol. The van der Waals surface area contributed by atoms with E-state index in [9.17, 15) is 19.2 Å². The van der Waals surface area contributed by atoms with Gasteiger partial charge < -0.3 is 37.3 Å². The molecule has 0 radical (unpaired) electrons. The lowest BCUT2D eigenvalue weighted by molar-refractivity contribution is -0.134. The zero-order valence-corrected chi connectivity index (χ0v) is 29.2. The Kier molecular flexibility index (Phi) is 14.3. The number of aromatic amines is 1. The number of carbonyl (C=O) groups excluding carboxylic acids is 4. The predicted octanol–water partition coefficient (Wildman–Crippen LogP) is 2.58. The molecule has 5 atom stereocenters. The summed E-state index contributed by atoms with van der Waals surface area (Å²) in [6.45, 7) is 8.22. The van der Waals surface area contributed by atoms with Crippen molar-refractivity contribution in [3.05, 3.63) is 65.7 Å². The van der Waals surface area contributed by atoms with Crippen molar-refractivity contribution in [1.29, 1.82) is 0 Å². The van der Waals surface area contributed by atoms with Crippen molar-refractivity contribution in [3.63, 3.8) is 0 Å². The third-order valence-electron chi connectivity index (χ3n) is 8.30. The molecule has 0 aliphatic carbocycles. The van der Waals surface area contributed by atoms with Gasteiger partial charge in [-0.3, -0.25) is 19.2 Å². The van der Waals surface area contributed by atoms with Crippen LogP contribution in [-0.4, -0.2) is 84.1 Å². The molecular formula is C35H51N7O4S. The van der Waals surface area contributed by atoms with E-state index in [4.69, 9.17) is 11.5 Å². The molecule has 0 fully saturated rings. The molecule has 0 bridgehead atoms. The number of benzene rings is 2. The molecule has 0 saturated carbocycles. The van der Waals surface area contributed by atoms with Crippen LogP contribution in [0.3, 0.4) is 0 Å². The molecule has 0 aliphatic heterocycles. The molecule has 4 amide bonds. The number of hydrogen-bond acceptors (Lipinski definition) is 7. The van der Waals surface area contributed by atoms with Crippen LogP contribution < -0.4 is 27.4 Å². The fourth-order valence-corrected chi connectivity index (χ4v) is 6.46. The smallest absolute Gasteiger partial charge is 0.243 e. The fourth-order valence-electron chi connectivity index (χ4n) is 5.25. The molecular weight excluding hydrogens is 614 g/mol. The number of aromatic nitrogens is 1. The van der Waals surface area contributed by atoms with E-state index in [1.165, 1.54) is 0 Å². The minimum atomic E-state index is -1.07. The number of H-pyrrole nitrogens is 1. The summed E-state index contributed by atoms with van der Waals surface area (Å²) in [5, 5.41) is 10.4. The Morgan fingerprint density at radius 2 is 1.49 bits per heavy atom. The lowest BCUT2D eigenvalue weighted by Crippen LogP contribution is -2.60. The van der Waals surface area contributed by atoms with Gasteiger partial charge in [-0.15, -0.1) is 11.8 Å². The number of thioether (sulfide) groups is 1. The summed E-state index contributed by atoms with van der Waals surface area (Å²) in [5.41, 5.74) is 14.6. The van der Waals surface area contributed by atoms with Crippen LogP contribution in [0.15, 0.2) is 59.6 Å². The molecule has 0 spiro atoms. The maximum absolute atomic E-state index is 14.0. The molecule has 0 unspecified atom stereocenters. The van der Waals surface area contributed by atoms with E-state index in [1.807, 2.05) is 96.4 Å². The van der Waals surface area contributed by atoms with Gasteiger partial charge in [0.25, 0.3) is 0 Å². The molecule has 47 heavy (non-hydrogen) atoms. The summed E-state index contributed by atoms with van der Waals surface area (Å²) < 4.78 is 0. The third kappa shape index (κ3) is 10.8. The van der Waals surface area contributed by atoms with Crippen LogP contribution in [0.5, 0.6) is 0 Å². The normalized spacial score (nSPS) is 14.7. The first kappa shape index (κ1) is 37.6. The number of nitrogens with two attached hydrogens (primary N) is 2. The van der Waals surface area contributed by atoms with Crippen LogP contribution in [0, 0.1) is 11.8 Å². The summed E-state index contributed by atoms with van der Waals surface area (Å²) >= 11 is 1.64. The van der Waals surface area contributed by atoms with Gasteiger partial charge in [0.15, 0.2) is 0 Å². The van der Waals surface area contributed by atoms with Gasteiger partial charge in [-0.2, -0.15) is 0 Å². The lowest BCUT2D eigenvalue weighted by atomic mass is 9.97. The maximum Gasteiger partial charge on any atom is 0.243 e. The predicted molar refractivity (Wildman–Crippen MR) is 189 cm³/mol. The van der Waals surface area contributed by atoms with E-state index >= 15 is 0 Å². The molecule has 1 aromatic heterocycles. The molecule has 3 rings (SSSR count). The topological polar surface area (TPSA) is 175 Å². The summed E-state index contributed by atoms with van der Waals surface area (Å²) in [4.78, 5) is 58.9. The monoisotopic (exact) mass is 665 g/mol. The first-order valence-electron chi connectivity index (χ1n) is 16.2. The van der Waals surface area contributed by atoms with Gasteiger partial charge in [-0.25, -0.2) is 0 Å². The van der Waals surface area contributed by atoms with Crippen LogP contribution >= 0.6 is 11.8 Å². The summed E-state index contributed by atoms with van der Waals surface area (Å²) in [6, 6.07) is 13.4. The van der Waals surface area contributed by atoms with Crippen molar-refractivity contribution in [2.75, 3.05) is 26.4 Å². The van der Waals surface area contributed by atoms with Gasteiger partial charge in [-0.1, -0.05) is 82.6 Å². The van der Waals surface area contributed by atoms with E-state index < -0.39 is 47.8 Å². The van der Waals surface area contributed by atoms with E-state index in [1.54, 1.807) is 11.8 Å². The van der Waals surface area contributed by atoms with Crippen LogP contribution in [0.1, 0.15) is 45.2 Å². The fraction of sp³-hybridized carbons (Fsp3) is 0.486. The highest BCUT2D eigenvalue weighted by atomic mass is 32.2. The number of amides is 4. The van der Waals surface area contributed by atoms with Crippen molar-refractivity contribution < 1.29 is 19.2 Å². The Labute approximate surface area is 282 Å². The Morgan fingerprint density at radius 1 is 0.851 bits per heavy atom. The number of nitrogens with one attached hydrogen (secondary N) is 4. The molecule has 3 aromatic rings. The highest BCUT2D eigenvalue weighted by Gasteiger charge is 2.33. The van der Waals surface area contributed by atoms with Gasteiger partial charge in [0.1, 0.15) is 18.1 Å². The van der Waals surface area contributed by atoms with Crippen LogP contribution in [-0.2, 0) is 32.0 Å². The number of primary amides is 1. The minimum Gasteiger partial charge on any atom is -0.368 e. The van der Waals surface area contributed by atoms with Crippen molar-refractivity contribution in [3.8, 4) is 0 Å². The average Bonchev–Trinajstić information content (AvgIpc) is 3.38. The van der Waals surface area contributed by atoms with Crippen LogP contribution in [0.25, 0.3) is 10.9 Å². The number of fused-ring (bicyclic) bond motifs is 1. The summed E-state index contributed by atoms with van der Waals surface area (Å²) in [5.74, 6) is -1.90. The Morgan fingerprint density at radius 3 is 2.11 bits per heavy atom. The van der Waals surface area contributed by atoms with Crippen LogP contribution in [0.4, 0.5) is 0 Å². The number of hydrogen-bond donors (Lipinski definition) is 6. The van der Waals surface area contributed by atoms with E-state index in [0.717, 1.165) is 39.4 Å². The van der Waals surface area contributed by atoms with E-state index in [2.05, 4.69) is 25.8 Å². The van der Waals surface area contributed by atoms with Crippen LogP contribution in [0.2, 0.25) is 0 Å². The molecule has 11 nitrogen and oxygen atoms in total. The van der Waals surface area contributed by atoms with Crippen molar-refractivity contribution in [2.45, 2.75) is 76.2 Å². The van der Waals surface area contributed by atoms with Crippen molar-refractivity contribution in [1.82, 2.24) is 25.8 Å². The van der Waals surface area contributed by atoms with Crippen molar-refractivity contribution in [2.24, 2.45) is 23.3 Å². The Bertz CT molecular complexity index is 1490.